The molecule has 1 saturated carbocycles. The smallest absolute Gasteiger partial charge is 0.261 e. The topological polar surface area (TPSA) is 67.4 Å². The summed E-state index contributed by atoms with van der Waals surface area (Å²) in [5.41, 5.74) is 3.19. The Hall–Kier alpha value is -3.60. The highest BCUT2D eigenvalue weighted by Crippen LogP contribution is 2.23. The number of nitrogens with one attached hydrogen (secondary N) is 2. The van der Waals surface area contributed by atoms with E-state index in [1.807, 2.05) is 84.9 Å². The van der Waals surface area contributed by atoms with Crippen molar-refractivity contribution in [2.24, 2.45) is 0 Å². The second-order valence-electron chi connectivity index (χ2n) is 8.18. The van der Waals surface area contributed by atoms with Crippen LogP contribution < -0.4 is 15.4 Å². The van der Waals surface area contributed by atoms with Crippen LogP contribution in [-0.2, 0) is 16.0 Å². The van der Waals surface area contributed by atoms with E-state index in [0.29, 0.717) is 12.2 Å². The van der Waals surface area contributed by atoms with Crippen molar-refractivity contribution in [2.45, 2.75) is 44.4 Å². The molecular formula is C27H28N2O3. The predicted molar refractivity (Wildman–Crippen MR) is 125 cm³/mol. The molecule has 0 spiro atoms. The average Bonchev–Trinajstić information content (AvgIpc) is 3.64. The molecule has 2 N–H and O–H groups in total. The van der Waals surface area contributed by atoms with Crippen LogP contribution in [0.25, 0.3) is 11.1 Å². The van der Waals surface area contributed by atoms with Gasteiger partial charge in [-0.1, -0.05) is 72.8 Å². The van der Waals surface area contributed by atoms with Crippen LogP contribution in [0.1, 0.15) is 25.3 Å². The van der Waals surface area contributed by atoms with E-state index in [2.05, 4.69) is 10.6 Å². The van der Waals surface area contributed by atoms with Crippen LogP contribution in [0.5, 0.6) is 5.75 Å². The lowest BCUT2D eigenvalue weighted by Crippen LogP contribution is -2.51. The molecule has 0 bridgehead atoms. The van der Waals surface area contributed by atoms with Gasteiger partial charge < -0.3 is 15.4 Å². The molecule has 0 radical (unpaired) electrons. The molecule has 0 saturated heterocycles. The molecule has 2 amide bonds. The zero-order chi connectivity index (χ0) is 22.3. The molecule has 4 rings (SSSR count). The molecule has 5 heteroatoms. The lowest BCUT2D eigenvalue weighted by molar-refractivity contribution is -0.132. The fourth-order valence-corrected chi connectivity index (χ4v) is 3.49. The summed E-state index contributed by atoms with van der Waals surface area (Å²) in [7, 11) is 0. The van der Waals surface area contributed by atoms with Gasteiger partial charge in [-0.3, -0.25) is 9.59 Å². The second-order valence-corrected chi connectivity index (χ2v) is 8.18. The first-order valence-corrected chi connectivity index (χ1v) is 11.1. The van der Waals surface area contributed by atoms with Gasteiger partial charge >= 0.3 is 0 Å². The van der Waals surface area contributed by atoms with Gasteiger partial charge in [0.2, 0.25) is 5.91 Å². The third-order valence-corrected chi connectivity index (χ3v) is 5.48. The average molecular weight is 429 g/mol. The number of rotatable bonds is 9. The first-order chi connectivity index (χ1) is 15.6. The zero-order valence-corrected chi connectivity index (χ0v) is 18.2. The Morgan fingerprint density at radius 2 is 1.44 bits per heavy atom. The number of hydrogen-bond donors (Lipinski definition) is 2. The summed E-state index contributed by atoms with van der Waals surface area (Å²) in [6.07, 6.45) is 1.69. The van der Waals surface area contributed by atoms with Gasteiger partial charge in [0.25, 0.3) is 5.91 Å². The Morgan fingerprint density at radius 1 is 0.844 bits per heavy atom. The van der Waals surface area contributed by atoms with Crippen molar-refractivity contribution in [2.75, 3.05) is 0 Å². The number of benzene rings is 3. The number of ether oxygens (including phenoxy) is 1. The van der Waals surface area contributed by atoms with E-state index in [-0.39, 0.29) is 17.9 Å². The van der Waals surface area contributed by atoms with Crippen LogP contribution in [0.4, 0.5) is 0 Å². The zero-order valence-electron chi connectivity index (χ0n) is 18.2. The first kappa shape index (κ1) is 21.6. The van der Waals surface area contributed by atoms with E-state index in [1.54, 1.807) is 6.92 Å². The van der Waals surface area contributed by atoms with Gasteiger partial charge in [-0.05, 0) is 48.6 Å². The molecule has 3 aromatic carbocycles. The van der Waals surface area contributed by atoms with E-state index in [4.69, 9.17) is 4.74 Å². The molecule has 3 aromatic rings. The van der Waals surface area contributed by atoms with Gasteiger partial charge in [-0.2, -0.15) is 0 Å². The molecule has 5 nitrogen and oxygen atoms in total. The molecule has 164 valence electrons. The van der Waals surface area contributed by atoms with E-state index < -0.39 is 12.1 Å². The third kappa shape index (κ3) is 5.97. The fourth-order valence-electron chi connectivity index (χ4n) is 3.49. The van der Waals surface area contributed by atoms with Gasteiger partial charge in [0.05, 0.1) is 0 Å². The number of amides is 2. The van der Waals surface area contributed by atoms with E-state index in [9.17, 15) is 9.59 Å². The lowest BCUT2D eigenvalue weighted by Gasteiger charge is -2.21. The summed E-state index contributed by atoms with van der Waals surface area (Å²) in [6, 6.07) is 27.0. The minimum Gasteiger partial charge on any atom is -0.481 e. The summed E-state index contributed by atoms with van der Waals surface area (Å²) < 4.78 is 5.85. The maximum Gasteiger partial charge on any atom is 0.261 e. The summed E-state index contributed by atoms with van der Waals surface area (Å²) in [6.45, 7) is 1.69. The largest absolute Gasteiger partial charge is 0.481 e. The van der Waals surface area contributed by atoms with Crippen molar-refractivity contribution in [1.82, 2.24) is 10.6 Å². The maximum atomic E-state index is 12.8. The summed E-state index contributed by atoms with van der Waals surface area (Å²) in [4.78, 5) is 25.5. The van der Waals surface area contributed by atoms with E-state index in [1.165, 1.54) is 0 Å². The van der Waals surface area contributed by atoms with E-state index >= 15 is 0 Å². The Kier molecular flexibility index (Phi) is 6.85. The Bertz CT molecular complexity index is 1030. The monoisotopic (exact) mass is 428 g/mol. The SMILES string of the molecule is CC(Oc1ccc(-c2ccccc2)cc1)C(=O)NC(Cc1ccccc1)C(=O)NC1CC1. The number of carbonyl (C=O) groups is 2. The van der Waals surface area contributed by atoms with Crippen molar-refractivity contribution in [3.63, 3.8) is 0 Å². The maximum absolute atomic E-state index is 12.8. The Morgan fingerprint density at radius 3 is 2.06 bits per heavy atom. The predicted octanol–water partition coefficient (Wildman–Crippen LogP) is 4.13. The van der Waals surface area contributed by atoms with Gasteiger partial charge in [0.15, 0.2) is 6.10 Å². The van der Waals surface area contributed by atoms with Crippen molar-refractivity contribution in [3.8, 4) is 16.9 Å². The van der Waals surface area contributed by atoms with E-state index in [0.717, 1.165) is 29.5 Å². The lowest BCUT2D eigenvalue weighted by atomic mass is 10.0. The fraction of sp³-hybridized carbons (Fsp3) is 0.259. The quantitative estimate of drug-likeness (QED) is 0.539. The highest BCUT2D eigenvalue weighted by Gasteiger charge is 2.29. The normalized spacial score (nSPS) is 14.8. The van der Waals surface area contributed by atoms with Crippen LogP contribution in [0.15, 0.2) is 84.9 Å². The molecule has 32 heavy (non-hydrogen) atoms. The highest BCUT2D eigenvalue weighted by molar-refractivity contribution is 5.89. The standard InChI is InChI=1S/C27H28N2O3/c1-19(32-24-16-12-22(13-17-24)21-10-6-3-7-11-21)26(30)29-25(27(31)28-23-14-15-23)18-20-8-4-2-5-9-20/h2-13,16-17,19,23,25H,14-15,18H2,1H3,(H,28,31)(H,29,30). The van der Waals surface area contributed by atoms with Crippen LogP contribution in [0.2, 0.25) is 0 Å². The summed E-state index contributed by atoms with van der Waals surface area (Å²) in [5, 5.41) is 5.88. The van der Waals surface area contributed by atoms with Crippen LogP contribution >= 0.6 is 0 Å². The molecule has 1 fully saturated rings. The second kappa shape index (κ2) is 10.1. The van der Waals surface area contributed by atoms with Gasteiger partial charge in [0, 0.05) is 12.5 Å². The summed E-state index contributed by atoms with van der Waals surface area (Å²) in [5.74, 6) is 0.141. The number of carbonyl (C=O) groups excluding carboxylic acids is 2. The van der Waals surface area contributed by atoms with Crippen LogP contribution in [0.3, 0.4) is 0 Å². The highest BCUT2D eigenvalue weighted by atomic mass is 16.5. The molecule has 0 heterocycles. The molecule has 1 aliphatic carbocycles. The number of hydrogen-bond acceptors (Lipinski definition) is 3. The molecular weight excluding hydrogens is 400 g/mol. The molecule has 0 aliphatic heterocycles. The summed E-state index contributed by atoms with van der Waals surface area (Å²) >= 11 is 0. The van der Waals surface area contributed by atoms with Crippen LogP contribution in [-0.4, -0.2) is 30.0 Å². The van der Waals surface area contributed by atoms with Crippen LogP contribution in [0, 0.1) is 0 Å². The molecule has 2 unspecified atom stereocenters. The minimum absolute atomic E-state index is 0.149. The Labute approximate surface area is 188 Å². The molecule has 2 atom stereocenters. The van der Waals surface area contributed by atoms with Crippen molar-refractivity contribution in [3.05, 3.63) is 90.5 Å². The van der Waals surface area contributed by atoms with Crippen molar-refractivity contribution in [1.29, 1.82) is 0 Å². The van der Waals surface area contributed by atoms with Gasteiger partial charge in [-0.15, -0.1) is 0 Å². The first-order valence-electron chi connectivity index (χ1n) is 11.1. The Balaban J connectivity index is 1.38. The molecule has 0 aromatic heterocycles. The van der Waals surface area contributed by atoms with Gasteiger partial charge in [0.1, 0.15) is 11.8 Å². The minimum atomic E-state index is -0.732. The molecule has 1 aliphatic rings. The van der Waals surface area contributed by atoms with Crippen molar-refractivity contribution < 1.29 is 14.3 Å². The van der Waals surface area contributed by atoms with Gasteiger partial charge in [-0.25, -0.2) is 0 Å². The third-order valence-electron chi connectivity index (χ3n) is 5.48. The van der Waals surface area contributed by atoms with Crippen molar-refractivity contribution >= 4 is 11.8 Å².